The van der Waals surface area contributed by atoms with Gasteiger partial charge in [0.1, 0.15) is 0 Å². The molecule has 0 N–H and O–H groups in total. The van der Waals surface area contributed by atoms with E-state index in [4.69, 9.17) is 19.9 Å². The summed E-state index contributed by atoms with van der Waals surface area (Å²) in [6.07, 6.45) is -4.80. The van der Waals surface area contributed by atoms with Crippen LogP contribution in [0.3, 0.4) is 0 Å². The van der Waals surface area contributed by atoms with E-state index < -0.39 is 11.7 Å². The number of hydrogen-bond donors (Lipinski definition) is 0. The van der Waals surface area contributed by atoms with Gasteiger partial charge in [0.15, 0.2) is 11.6 Å². The van der Waals surface area contributed by atoms with Crippen LogP contribution in [0.15, 0.2) is 212 Å². The summed E-state index contributed by atoms with van der Waals surface area (Å²) in [4.78, 5) is 20.5. The van der Waals surface area contributed by atoms with Gasteiger partial charge in [0.25, 0.3) is 0 Å². The van der Waals surface area contributed by atoms with Crippen molar-refractivity contribution < 1.29 is 13.2 Å². The second-order valence-corrected chi connectivity index (χ2v) is 16.0. The average molecular weight is 873 g/mol. The molecule has 0 aliphatic heterocycles. The Kier molecular flexibility index (Phi) is 10.2. The number of alkyl halides is 3. The molecule has 0 saturated carbocycles. The Bertz CT molecular complexity index is 3410. The molecule has 3 heterocycles. The molecule has 0 aliphatic carbocycles. The van der Waals surface area contributed by atoms with Crippen LogP contribution in [0.1, 0.15) is 11.1 Å². The zero-order valence-corrected chi connectivity index (χ0v) is 35.5. The third-order valence-electron chi connectivity index (χ3n) is 11.9. The predicted molar refractivity (Wildman–Crippen MR) is 260 cm³/mol. The number of nitriles is 1. The van der Waals surface area contributed by atoms with Gasteiger partial charge in [-0.1, -0.05) is 164 Å². The number of fused-ring (bicyclic) bond motifs is 3. The molecule has 0 saturated heterocycles. The molecule has 0 radical (unpaired) electrons. The number of rotatable bonds is 8. The first-order chi connectivity index (χ1) is 32.8. The van der Waals surface area contributed by atoms with E-state index in [1.165, 1.54) is 0 Å². The van der Waals surface area contributed by atoms with Crippen LogP contribution >= 0.6 is 0 Å². The summed E-state index contributed by atoms with van der Waals surface area (Å²) in [5.41, 5.74) is 8.42. The highest BCUT2D eigenvalue weighted by Gasteiger charge is 2.35. The molecule has 0 aliphatic rings. The molecule has 11 aromatic rings. The predicted octanol–water partition coefficient (Wildman–Crippen LogP) is 14.9. The molecule has 0 bridgehead atoms. The van der Waals surface area contributed by atoms with E-state index in [1.54, 1.807) is 6.07 Å². The molecule has 0 atom stereocenters. The summed E-state index contributed by atoms with van der Waals surface area (Å²) >= 11 is 0. The van der Waals surface area contributed by atoms with E-state index >= 15 is 13.2 Å². The first-order valence-corrected chi connectivity index (χ1v) is 21.6. The number of nitrogens with zero attached hydrogens (tertiary/aromatic N) is 6. The van der Waals surface area contributed by atoms with Crippen LogP contribution in [0.4, 0.5) is 13.2 Å². The summed E-state index contributed by atoms with van der Waals surface area (Å²) in [5, 5.41) is 11.8. The second kappa shape index (κ2) is 16.8. The molecule has 8 aromatic carbocycles. The standard InChI is InChI=1S/C58H35F3N6/c59-58(60,61)43-32-47(56-63-49(37-17-5-1-6-18-37)34-50(64-56)38-19-7-2-8-20-38)55(48(33-43)57-65-51(39-21-9-3-10-22-39)35-52(66-57)40-23-11-4-12-24-40)67-53-28-16-15-27-45(53)46-31-41(29-30-54(46)67)44-26-14-13-25-42(44)36-62/h1-35H. The Morgan fingerprint density at radius 2 is 0.806 bits per heavy atom. The van der Waals surface area contributed by atoms with Crippen LogP contribution < -0.4 is 0 Å². The fraction of sp³-hybridized carbons (Fsp3) is 0.0172. The first-order valence-electron chi connectivity index (χ1n) is 21.6. The van der Waals surface area contributed by atoms with Gasteiger partial charge in [-0.3, -0.25) is 0 Å². The van der Waals surface area contributed by atoms with Crippen LogP contribution in [0, 0.1) is 11.3 Å². The topological polar surface area (TPSA) is 80.3 Å². The number of aromatic nitrogens is 5. The largest absolute Gasteiger partial charge is 0.416 e. The molecule has 318 valence electrons. The lowest BCUT2D eigenvalue weighted by atomic mass is 9.98. The Morgan fingerprint density at radius 3 is 1.27 bits per heavy atom. The van der Waals surface area contributed by atoms with E-state index in [9.17, 15) is 5.26 Å². The van der Waals surface area contributed by atoms with Crippen LogP contribution in [0.5, 0.6) is 0 Å². The highest BCUT2D eigenvalue weighted by Crippen LogP contribution is 2.45. The number of para-hydroxylation sites is 1. The van der Waals surface area contributed by atoms with Crippen molar-refractivity contribution in [2.45, 2.75) is 6.18 Å². The molecule has 0 unspecified atom stereocenters. The Morgan fingerprint density at radius 1 is 0.388 bits per heavy atom. The van der Waals surface area contributed by atoms with Gasteiger partial charge < -0.3 is 4.57 Å². The summed E-state index contributed by atoms with van der Waals surface area (Å²) < 4.78 is 49.1. The maximum absolute atomic E-state index is 15.7. The average Bonchev–Trinajstić information content (AvgIpc) is 3.72. The fourth-order valence-electron chi connectivity index (χ4n) is 8.76. The van der Waals surface area contributed by atoms with Crippen LogP contribution in [0.2, 0.25) is 0 Å². The minimum Gasteiger partial charge on any atom is -0.308 e. The van der Waals surface area contributed by atoms with Gasteiger partial charge in [-0.05, 0) is 59.7 Å². The van der Waals surface area contributed by atoms with E-state index in [-0.39, 0.29) is 22.8 Å². The Hall–Kier alpha value is -9.00. The van der Waals surface area contributed by atoms with Crippen molar-refractivity contribution in [1.29, 1.82) is 5.26 Å². The van der Waals surface area contributed by atoms with Gasteiger partial charge in [0.05, 0.1) is 56.7 Å². The monoisotopic (exact) mass is 872 g/mol. The zero-order valence-electron chi connectivity index (χ0n) is 35.5. The minimum absolute atomic E-state index is 0.0792. The van der Waals surface area contributed by atoms with Crippen LogP contribution in [-0.2, 0) is 6.18 Å². The molecule has 11 rings (SSSR count). The van der Waals surface area contributed by atoms with Crippen molar-refractivity contribution in [3.8, 4) is 90.7 Å². The third kappa shape index (κ3) is 7.66. The normalized spacial score (nSPS) is 11.5. The van der Waals surface area contributed by atoms with Crippen molar-refractivity contribution in [2.24, 2.45) is 0 Å². The van der Waals surface area contributed by atoms with Crippen molar-refractivity contribution >= 4 is 21.8 Å². The lowest BCUT2D eigenvalue weighted by molar-refractivity contribution is -0.137. The number of hydrogen-bond acceptors (Lipinski definition) is 5. The maximum Gasteiger partial charge on any atom is 0.416 e. The van der Waals surface area contributed by atoms with Gasteiger partial charge >= 0.3 is 6.18 Å². The van der Waals surface area contributed by atoms with E-state index in [0.29, 0.717) is 39.5 Å². The summed E-state index contributed by atoms with van der Waals surface area (Å²) in [5.74, 6) is 0.158. The zero-order chi connectivity index (χ0) is 45.5. The van der Waals surface area contributed by atoms with Crippen molar-refractivity contribution in [3.63, 3.8) is 0 Å². The van der Waals surface area contributed by atoms with E-state index in [2.05, 4.69) is 6.07 Å². The van der Waals surface area contributed by atoms with Crippen LogP contribution in [0.25, 0.3) is 106 Å². The summed E-state index contributed by atoms with van der Waals surface area (Å²) in [6.45, 7) is 0. The van der Waals surface area contributed by atoms with Gasteiger partial charge in [-0.2, -0.15) is 18.4 Å². The lowest BCUT2D eigenvalue weighted by Crippen LogP contribution is -2.11. The molecule has 3 aromatic heterocycles. The SMILES string of the molecule is N#Cc1ccccc1-c1ccc2c(c1)c1ccccc1n2-c1c(-c2nc(-c3ccccc3)cc(-c3ccccc3)n2)cc(C(F)(F)F)cc1-c1nc(-c2ccccc2)cc(-c2ccccc2)n1. The van der Waals surface area contributed by atoms with Crippen molar-refractivity contribution in [2.75, 3.05) is 0 Å². The molecule has 0 amide bonds. The smallest absolute Gasteiger partial charge is 0.308 e. The molecule has 0 spiro atoms. The van der Waals surface area contributed by atoms with Gasteiger partial charge in [-0.15, -0.1) is 0 Å². The minimum atomic E-state index is -4.80. The van der Waals surface area contributed by atoms with Crippen molar-refractivity contribution in [1.82, 2.24) is 24.5 Å². The van der Waals surface area contributed by atoms with Crippen molar-refractivity contribution in [3.05, 3.63) is 223 Å². The molecular weight excluding hydrogens is 838 g/mol. The van der Waals surface area contributed by atoms with E-state index in [0.717, 1.165) is 61.8 Å². The van der Waals surface area contributed by atoms with Gasteiger partial charge in [0.2, 0.25) is 0 Å². The van der Waals surface area contributed by atoms with Crippen LogP contribution in [-0.4, -0.2) is 24.5 Å². The van der Waals surface area contributed by atoms with E-state index in [1.807, 2.05) is 199 Å². The van der Waals surface area contributed by atoms with Gasteiger partial charge in [-0.25, -0.2) is 19.9 Å². The Balaban J connectivity index is 1.30. The highest BCUT2D eigenvalue weighted by molar-refractivity contribution is 6.11. The molecule has 9 heteroatoms. The fourth-order valence-corrected chi connectivity index (χ4v) is 8.76. The number of benzene rings is 8. The molecular formula is C58H35F3N6. The molecule has 6 nitrogen and oxygen atoms in total. The molecule has 0 fully saturated rings. The highest BCUT2D eigenvalue weighted by atomic mass is 19.4. The van der Waals surface area contributed by atoms with Gasteiger partial charge in [0, 0.05) is 44.2 Å². The summed E-state index contributed by atoms with van der Waals surface area (Å²) in [7, 11) is 0. The third-order valence-corrected chi connectivity index (χ3v) is 11.9. The summed E-state index contributed by atoms with van der Waals surface area (Å²) in [6, 6.07) is 67.6. The first kappa shape index (κ1) is 40.8. The number of halogens is 3. The maximum atomic E-state index is 15.7. The Labute approximate surface area is 383 Å². The molecule has 67 heavy (non-hydrogen) atoms. The second-order valence-electron chi connectivity index (χ2n) is 16.0. The quantitative estimate of drug-likeness (QED) is 0.152. The lowest BCUT2D eigenvalue weighted by Gasteiger charge is -2.21.